The molecule has 1 unspecified atom stereocenters. The third-order valence-electron chi connectivity index (χ3n) is 4.95. The highest BCUT2D eigenvalue weighted by Gasteiger charge is 2.37. The minimum Gasteiger partial charge on any atom is -0.495 e. The third kappa shape index (κ3) is 5.81. The predicted octanol–water partition coefficient (Wildman–Crippen LogP) is 3.34. The average Bonchev–Trinajstić information content (AvgIpc) is 2.72. The number of hydrogen-bond acceptors (Lipinski definition) is 6. The number of amides is 1. The number of pyridine rings is 1. The smallest absolute Gasteiger partial charge is 0.419 e. The summed E-state index contributed by atoms with van der Waals surface area (Å²) in [7, 11) is -2.20. The molecule has 0 spiro atoms. The molecule has 1 aliphatic rings. The molecule has 0 saturated carbocycles. The van der Waals surface area contributed by atoms with Crippen LogP contribution < -0.4 is 19.7 Å². The molecule has 1 aromatic carbocycles. The molecular formula is C20H23F3N4O4S. The highest BCUT2D eigenvalue weighted by Crippen LogP contribution is 2.36. The molecule has 12 heteroatoms. The molecule has 0 aliphatic carbocycles. The fourth-order valence-electron chi connectivity index (χ4n) is 3.56. The zero-order chi connectivity index (χ0) is 23.5. The highest BCUT2D eigenvalue weighted by molar-refractivity contribution is 7.92. The van der Waals surface area contributed by atoms with Crippen LogP contribution in [0.2, 0.25) is 0 Å². The maximum absolute atomic E-state index is 13.4. The summed E-state index contributed by atoms with van der Waals surface area (Å²) in [6.45, 7) is 0.436. The summed E-state index contributed by atoms with van der Waals surface area (Å²) < 4.78 is 70.7. The fraction of sp³-hybridized carbons (Fsp3) is 0.400. The zero-order valence-corrected chi connectivity index (χ0v) is 18.3. The standard InChI is InChI=1S/C20H23F3N4O4S/c1-31-17-8-7-14(11-16(17)26-32(2,29)30)25-19(28)13-5-4-10-27(12-13)18-15(20(21,22)23)6-3-9-24-18/h3,6-9,11,13,26H,4-5,10,12H2,1-2H3,(H,25,28). The SMILES string of the molecule is COc1ccc(NC(=O)C2CCCN(c3ncccc3C(F)(F)F)C2)cc1NS(C)(=O)=O. The Labute approximate surface area is 183 Å². The van der Waals surface area contributed by atoms with Gasteiger partial charge in [-0.3, -0.25) is 9.52 Å². The minimum absolute atomic E-state index is 0.0799. The van der Waals surface area contributed by atoms with E-state index in [-0.39, 0.29) is 29.7 Å². The van der Waals surface area contributed by atoms with Gasteiger partial charge in [0.2, 0.25) is 15.9 Å². The van der Waals surface area contributed by atoms with Crippen molar-refractivity contribution in [2.75, 3.05) is 41.4 Å². The molecule has 1 aromatic heterocycles. The Kier molecular flexibility index (Phi) is 6.82. The number of methoxy groups -OCH3 is 1. The number of nitrogens with one attached hydrogen (secondary N) is 2. The number of carbonyl (C=O) groups excluding carboxylic acids is 1. The summed E-state index contributed by atoms with van der Waals surface area (Å²) in [6.07, 6.45) is -1.25. The summed E-state index contributed by atoms with van der Waals surface area (Å²) in [5.74, 6) is -0.872. The molecule has 0 bridgehead atoms. The number of sulfonamides is 1. The summed E-state index contributed by atoms with van der Waals surface area (Å²) >= 11 is 0. The molecule has 8 nitrogen and oxygen atoms in total. The Morgan fingerprint density at radius 2 is 2.03 bits per heavy atom. The molecule has 1 aliphatic heterocycles. The van der Waals surface area contributed by atoms with E-state index >= 15 is 0 Å². The van der Waals surface area contributed by atoms with Gasteiger partial charge in [-0.05, 0) is 43.2 Å². The molecule has 1 saturated heterocycles. The van der Waals surface area contributed by atoms with Gasteiger partial charge in [0.1, 0.15) is 11.6 Å². The van der Waals surface area contributed by atoms with Crippen LogP contribution in [0.25, 0.3) is 0 Å². The Morgan fingerprint density at radius 1 is 1.28 bits per heavy atom. The Hall–Kier alpha value is -3.02. The van der Waals surface area contributed by atoms with Crippen molar-refractivity contribution in [3.05, 3.63) is 42.1 Å². The van der Waals surface area contributed by atoms with Crippen LogP contribution in [-0.2, 0) is 21.0 Å². The Balaban J connectivity index is 1.76. The third-order valence-corrected chi connectivity index (χ3v) is 5.54. The predicted molar refractivity (Wildman–Crippen MR) is 114 cm³/mol. The van der Waals surface area contributed by atoms with Gasteiger partial charge < -0.3 is 15.0 Å². The molecule has 3 rings (SSSR count). The van der Waals surface area contributed by atoms with Gasteiger partial charge in [0.05, 0.1) is 30.5 Å². The molecule has 1 atom stereocenters. The van der Waals surface area contributed by atoms with Crippen molar-refractivity contribution in [1.29, 1.82) is 0 Å². The van der Waals surface area contributed by atoms with Crippen LogP contribution in [0.3, 0.4) is 0 Å². The lowest BCUT2D eigenvalue weighted by molar-refractivity contribution is -0.137. The Morgan fingerprint density at radius 3 is 2.69 bits per heavy atom. The van der Waals surface area contributed by atoms with E-state index in [1.165, 1.54) is 36.4 Å². The monoisotopic (exact) mass is 472 g/mol. The number of halogens is 3. The number of aromatic nitrogens is 1. The van der Waals surface area contributed by atoms with Gasteiger partial charge in [0, 0.05) is 25.0 Å². The number of carbonyl (C=O) groups is 1. The molecule has 1 fully saturated rings. The number of benzene rings is 1. The van der Waals surface area contributed by atoms with Crippen molar-refractivity contribution >= 4 is 33.1 Å². The van der Waals surface area contributed by atoms with Crippen LogP contribution >= 0.6 is 0 Å². The van der Waals surface area contributed by atoms with Gasteiger partial charge in [-0.2, -0.15) is 13.2 Å². The molecule has 174 valence electrons. The second-order valence-electron chi connectivity index (χ2n) is 7.44. The van der Waals surface area contributed by atoms with E-state index in [1.807, 2.05) is 0 Å². The van der Waals surface area contributed by atoms with E-state index in [9.17, 15) is 26.4 Å². The van der Waals surface area contributed by atoms with Gasteiger partial charge in [0.25, 0.3) is 0 Å². The second kappa shape index (κ2) is 9.23. The van der Waals surface area contributed by atoms with Gasteiger partial charge in [0.15, 0.2) is 0 Å². The molecular weight excluding hydrogens is 449 g/mol. The highest BCUT2D eigenvalue weighted by atomic mass is 32.2. The molecule has 0 radical (unpaired) electrons. The van der Waals surface area contributed by atoms with Crippen LogP contribution in [0.1, 0.15) is 18.4 Å². The van der Waals surface area contributed by atoms with Crippen molar-refractivity contribution in [3.63, 3.8) is 0 Å². The molecule has 2 heterocycles. The lowest BCUT2D eigenvalue weighted by Crippen LogP contribution is -2.42. The summed E-state index contributed by atoms with van der Waals surface area (Å²) in [5, 5.41) is 2.71. The van der Waals surface area contributed by atoms with Crippen molar-refractivity contribution in [2.24, 2.45) is 5.92 Å². The van der Waals surface area contributed by atoms with Gasteiger partial charge in [-0.1, -0.05) is 0 Å². The quantitative estimate of drug-likeness (QED) is 0.669. The van der Waals surface area contributed by atoms with Crippen LogP contribution in [0.15, 0.2) is 36.5 Å². The summed E-state index contributed by atoms with van der Waals surface area (Å²) in [6, 6.07) is 6.66. The zero-order valence-electron chi connectivity index (χ0n) is 17.4. The fourth-order valence-corrected chi connectivity index (χ4v) is 4.12. The first-order valence-corrected chi connectivity index (χ1v) is 11.6. The van der Waals surface area contributed by atoms with Crippen molar-refractivity contribution in [2.45, 2.75) is 19.0 Å². The first-order valence-electron chi connectivity index (χ1n) is 9.72. The molecule has 2 aromatic rings. The topological polar surface area (TPSA) is 101 Å². The van der Waals surface area contributed by atoms with E-state index in [4.69, 9.17) is 4.74 Å². The maximum Gasteiger partial charge on any atom is 0.419 e. The van der Waals surface area contributed by atoms with E-state index < -0.39 is 27.7 Å². The number of anilines is 3. The first kappa shape index (κ1) is 23.6. The number of hydrogen-bond donors (Lipinski definition) is 2. The van der Waals surface area contributed by atoms with E-state index in [0.717, 1.165) is 12.3 Å². The van der Waals surface area contributed by atoms with Crippen LogP contribution in [0.5, 0.6) is 5.75 Å². The van der Waals surface area contributed by atoms with Crippen LogP contribution in [0.4, 0.5) is 30.4 Å². The number of ether oxygens (including phenoxy) is 1. The molecule has 32 heavy (non-hydrogen) atoms. The van der Waals surface area contributed by atoms with E-state index in [2.05, 4.69) is 15.0 Å². The Bertz CT molecular complexity index is 1090. The molecule has 1 amide bonds. The lowest BCUT2D eigenvalue weighted by atomic mass is 9.96. The van der Waals surface area contributed by atoms with E-state index in [1.54, 1.807) is 6.07 Å². The number of rotatable bonds is 6. The van der Waals surface area contributed by atoms with Gasteiger partial charge >= 0.3 is 6.18 Å². The first-order chi connectivity index (χ1) is 15.0. The van der Waals surface area contributed by atoms with Crippen LogP contribution in [-0.4, -0.2) is 45.8 Å². The van der Waals surface area contributed by atoms with E-state index in [0.29, 0.717) is 25.1 Å². The summed E-state index contributed by atoms with van der Waals surface area (Å²) in [5.41, 5.74) is -0.359. The lowest BCUT2D eigenvalue weighted by Gasteiger charge is -2.34. The largest absolute Gasteiger partial charge is 0.495 e. The van der Waals surface area contributed by atoms with Crippen molar-refractivity contribution in [1.82, 2.24) is 4.98 Å². The second-order valence-corrected chi connectivity index (χ2v) is 9.18. The minimum atomic E-state index is -4.55. The maximum atomic E-state index is 13.4. The van der Waals surface area contributed by atoms with Gasteiger partial charge in [-0.15, -0.1) is 0 Å². The summed E-state index contributed by atoms with van der Waals surface area (Å²) in [4.78, 5) is 18.2. The van der Waals surface area contributed by atoms with Crippen molar-refractivity contribution in [3.8, 4) is 5.75 Å². The van der Waals surface area contributed by atoms with Gasteiger partial charge in [-0.25, -0.2) is 13.4 Å². The number of alkyl halides is 3. The normalized spacial score (nSPS) is 17.0. The van der Waals surface area contributed by atoms with Crippen LogP contribution in [0, 0.1) is 5.92 Å². The average molecular weight is 472 g/mol. The number of nitrogens with zero attached hydrogens (tertiary/aromatic N) is 2. The molecule has 2 N–H and O–H groups in total. The van der Waals surface area contributed by atoms with Crippen molar-refractivity contribution < 1.29 is 31.1 Å². The number of piperidine rings is 1.